The Morgan fingerprint density at radius 1 is 0.441 bits per heavy atom. The van der Waals surface area contributed by atoms with Crippen LogP contribution in [0, 0.1) is 5.41 Å². The third kappa shape index (κ3) is 9.08. The van der Waals surface area contributed by atoms with Crippen molar-refractivity contribution in [2.24, 2.45) is 5.41 Å². The van der Waals surface area contributed by atoms with Crippen molar-refractivity contribution in [2.75, 3.05) is 16.5 Å². The fourth-order valence-corrected chi connectivity index (χ4v) is 9.54. The van der Waals surface area contributed by atoms with Gasteiger partial charge < -0.3 is 14.5 Å². The minimum absolute atomic E-state index is 0.0105. The summed E-state index contributed by atoms with van der Waals surface area (Å²) < 4.78 is 9.37. The van der Waals surface area contributed by atoms with E-state index in [1.54, 1.807) is 0 Å². The molecule has 0 aliphatic carbocycles. The summed E-state index contributed by atoms with van der Waals surface area (Å²) in [7, 11) is 0. The smallest absolute Gasteiger partial charge is 0.137 e. The van der Waals surface area contributed by atoms with E-state index in [2.05, 4.69) is 263 Å². The van der Waals surface area contributed by atoms with Crippen molar-refractivity contribution in [3.05, 3.63) is 192 Å². The lowest BCUT2D eigenvalue weighted by Crippen LogP contribution is -2.31. The first-order chi connectivity index (χ1) is 31.9. The highest BCUT2D eigenvalue weighted by Gasteiger charge is 2.34. The summed E-state index contributed by atoms with van der Waals surface area (Å²) in [6, 6.07) is 53.1. The van der Waals surface area contributed by atoms with Gasteiger partial charge in [-0.1, -0.05) is 170 Å². The number of fused-ring (bicyclic) bond motifs is 3. The molecule has 0 N–H and O–H groups in total. The average Bonchev–Trinajstić information content (AvgIpc) is 3.89. The second-order valence-electron chi connectivity index (χ2n) is 23.6. The lowest BCUT2D eigenvalue weighted by Gasteiger charge is -2.34. The number of pyridine rings is 1. The van der Waals surface area contributed by atoms with E-state index in [4.69, 9.17) is 9.72 Å². The van der Waals surface area contributed by atoms with Crippen LogP contribution in [0.4, 0.5) is 11.4 Å². The maximum atomic E-state index is 7.06. The lowest BCUT2D eigenvalue weighted by molar-refractivity contribution is 0.479. The molecule has 6 aromatic carbocycles. The molecule has 0 amide bonds. The number of rotatable bonds is 8. The molecule has 9 rings (SSSR count). The summed E-state index contributed by atoms with van der Waals surface area (Å²) >= 11 is 0. The number of anilines is 2. The minimum atomic E-state index is -0.233. The quantitative estimate of drug-likeness (QED) is 0.152. The van der Waals surface area contributed by atoms with Crippen molar-refractivity contribution in [1.82, 2.24) is 9.55 Å². The van der Waals surface area contributed by atoms with Crippen molar-refractivity contribution in [1.29, 1.82) is 0 Å². The molecule has 68 heavy (non-hydrogen) atoms. The van der Waals surface area contributed by atoms with Gasteiger partial charge in [-0.15, -0.1) is 0 Å². The second kappa shape index (κ2) is 16.9. The molecule has 0 unspecified atom stereocenters. The van der Waals surface area contributed by atoms with Crippen LogP contribution in [-0.4, -0.2) is 16.2 Å². The fraction of sp³-hybridized carbons (Fsp3) is 0.317. The third-order valence-electron chi connectivity index (χ3n) is 14.0. The van der Waals surface area contributed by atoms with E-state index in [9.17, 15) is 0 Å². The van der Waals surface area contributed by atoms with E-state index >= 15 is 0 Å². The Morgan fingerprint density at radius 3 is 1.69 bits per heavy atom. The van der Waals surface area contributed by atoms with E-state index < -0.39 is 0 Å². The predicted molar refractivity (Wildman–Crippen MR) is 289 cm³/mol. The summed E-state index contributed by atoms with van der Waals surface area (Å²) in [5.74, 6) is 2.44. The molecule has 348 valence electrons. The first-order valence-corrected chi connectivity index (χ1v) is 24.4. The first kappa shape index (κ1) is 46.5. The van der Waals surface area contributed by atoms with Gasteiger partial charge in [0.25, 0.3) is 0 Å². The number of allylic oxidation sites excluding steroid dienone is 1. The SMILES string of the molecule is CC(C)(C)C1=CN(c2cc(Oc3ccc4c5cc(-c6ccccc6)ccc5n(-c5cc(C(C)(C)c6ccccc6)ccn5)c4c3)cc(C(C)(C)C)c2)CN1c1cc(C(C)(C)C)cc(C(C)(C)C)c1. The molecule has 0 saturated carbocycles. The van der Waals surface area contributed by atoms with Crippen LogP contribution in [0.15, 0.2) is 164 Å². The Bertz CT molecular complexity index is 3150. The minimum Gasteiger partial charge on any atom is -0.457 e. The van der Waals surface area contributed by atoms with Gasteiger partial charge in [0, 0.05) is 63.2 Å². The Labute approximate surface area is 406 Å². The van der Waals surface area contributed by atoms with Gasteiger partial charge in [0.2, 0.25) is 0 Å². The number of benzene rings is 6. The van der Waals surface area contributed by atoms with Gasteiger partial charge in [-0.2, -0.15) is 0 Å². The van der Waals surface area contributed by atoms with Gasteiger partial charge >= 0.3 is 0 Å². The molecule has 1 aliphatic rings. The van der Waals surface area contributed by atoms with Crippen LogP contribution in [0.1, 0.15) is 125 Å². The summed E-state index contributed by atoms with van der Waals surface area (Å²) in [5, 5.41) is 2.31. The molecule has 5 nitrogen and oxygen atoms in total. The molecule has 0 saturated heterocycles. The highest BCUT2D eigenvalue weighted by molar-refractivity contribution is 6.10. The number of aromatic nitrogens is 2. The molecule has 2 aromatic heterocycles. The molecular formula is C63H70N4O. The standard InChI is InChI=1S/C63H70N4O/c1-59(2,3)46-32-47(60(4,5)6)35-50(34-46)66-41-65(40-57(66)62(10,11)12)49-33-48(61(7,8)9)36-52(38-49)68-51-26-27-53-54-31-43(42-21-17-15-18-22-42)25-28-55(54)67(56(53)39-51)58-37-45(29-30-64-58)63(13,14)44-23-19-16-20-24-44/h15-40H,41H2,1-14H3. The van der Waals surface area contributed by atoms with Gasteiger partial charge in [-0.05, 0) is 116 Å². The van der Waals surface area contributed by atoms with Gasteiger partial charge in [-0.3, -0.25) is 4.57 Å². The molecule has 0 fully saturated rings. The van der Waals surface area contributed by atoms with Gasteiger partial charge in [0.05, 0.1) is 17.7 Å². The van der Waals surface area contributed by atoms with Gasteiger partial charge in [0.1, 0.15) is 17.3 Å². The number of ether oxygens (including phenoxy) is 1. The molecule has 8 aromatic rings. The Morgan fingerprint density at radius 2 is 1.06 bits per heavy atom. The van der Waals surface area contributed by atoms with Gasteiger partial charge in [0.15, 0.2) is 0 Å². The molecular weight excluding hydrogens is 829 g/mol. The summed E-state index contributed by atoms with van der Waals surface area (Å²) in [5.41, 5.74) is 14.1. The summed E-state index contributed by atoms with van der Waals surface area (Å²) in [6.45, 7) is 33.0. The normalized spacial score (nSPS) is 14.0. The van der Waals surface area contributed by atoms with Crippen molar-refractivity contribution >= 4 is 33.2 Å². The third-order valence-corrected chi connectivity index (χ3v) is 14.0. The van der Waals surface area contributed by atoms with Gasteiger partial charge in [-0.25, -0.2) is 4.98 Å². The summed E-state index contributed by atoms with van der Waals surface area (Å²) in [4.78, 5) is 10.00. The summed E-state index contributed by atoms with van der Waals surface area (Å²) in [6.07, 6.45) is 4.31. The van der Waals surface area contributed by atoms with E-state index in [-0.39, 0.29) is 27.1 Å². The Kier molecular flexibility index (Phi) is 11.5. The van der Waals surface area contributed by atoms with Crippen molar-refractivity contribution in [2.45, 2.75) is 119 Å². The predicted octanol–water partition coefficient (Wildman–Crippen LogP) is 17.0. The van der Waals surface area contributed by atoms with E-state index in [1.165, 1.54) is 55.7 Å². The van der Waals surface area contributed by atoms with Crippen molar-refractivity contribution < 1.29 is 4.74 Å². The van der Waals surface area contributed by atoms with Crippen LogP contribution < -0.4 is 14.5 Å². The maximum absolute atomic E-state index is 7.06. The number of nitrogens with zero attached hydrogens (tertiary/aromatic N) is 4. The van der Waals surface area contributed by atoms with Crippen LogP contribution in [-0.2, 0) is 21.7 Å². The second-order valence-corrected chi connectivity index (χ2v) is 23.6. The van der Waals surface area contributed by atoms with E-state index in [1.807, 2.05) is 6.20 Å². The Balaban J connectivity index is 1.15. The number of hydrogen-bond acceptors (Lipinski definition) is 4. The molecule has 0 bridgehead atoms. The molecule has 5 heteroatoms. The Hall–Kier alpha value is -6.59. The van der Waals surface area contributed by atoms with Crippen molar-refractivity contribution in [3.8, 4) is 28.4 Å². The molecule has 0 radical (unpaired) electrons. The zero-order valence-corrected chi connectivity index (χ0v) is 42.9. The van der Waals surface area contributed by atoms with Crippen molar-refractivity contribution in [3.63, 3.8) is 0 Å². The van der Waals surface area contributed by atoms with E-state index in [0.29, 0.717) is 6.67 Å². The van der Waals surface area contributed by atoms with Crippen LogP contribution in [0.2, 0.25) is 0 Å². The molecule has 3 heterocycles. The van der Waals surface area contributed by atoms with Crippen LogP contribution in [0.3, 0.4) is 0 Å². The fourth-order valence-electron chi connectivity index (χ4n) is 9.54. The molecule has 0 atom stereocenters. The topological polar surface area (TPSA) is 33.5 Å². The highest BCUT2D eigenvalue weighted by Crippen LogP contribution is 2.44. The maximum Gasteiger partial charge on any atom is 0.137 e. The number of hydrogen-bond donors (Lipinski definition) is 0. The average molecular weight is 899 g/mol. The monoisotopic (exact) mass is 899 g/mol. The lowest BCUT2D eigenvalue weighted by atomic mass is 9.78. The zero-order chi connectivity index (χ0) is 48.6. The first-order valence-electron chi connectivity index (χ1n) is 24.4. The zero-order valence-electron chi connectivity index (χ0n) is 42.9. The van der Waals surface area contributed by atoms with E-state index in [0.717, 1.165) is 39.4 Å². The van der Waals surface area contributed by atoms with Crippen LogP contribution in [0.5, 0.6) is 11.5 Å². The molecule has 1 aliphatic heterocycles. The highest BCUT2D eigenvalue weighted by atomic mass is 16.5. The largest absolute Gasteiger partial charge is 0.457 e. The van der Waals surface area contributed by atoms with Crippen LogP contribution >= 0.6 is 0 Å². The molecule has 0 spiro atoms. The van der Waals surface area contributed by atoms with Crippen LogP contribution in [0.25, 0.3) is 38.8 Å².